The second-order valence-corrected chi connectivity index (χ2v) is 9.47. The molecular weight excluding hydrogens is 517 g/mol. The van der Waals surface area contributed by atoms with Crippen molar-refractivity contribution in [3.05, 3.63) is 130 Å². The highest BCUT2D eigenvalue weighted by Gasteiger charge is 2.12. The minimum atomic E-state index is -0.364. The molecule has 0 saturated carbocycles. The standard InChI is InChI=1S/C31H23Cl2N3O2/c1-38-31(37)24-11-6-22(7-12-24)19-36-20-29(27-14-13-26(32)17-28(27)33)35-30(36)15-8-21-4-9-23(10-5-21)25-3-2-16-34-18-25/h2-18,20H,19H2,1H3. The van der Waals surface area contributed by atoms with Crippen molar-refractivity contribution >= 4 is 41.3 Å². The van der Waals surface area contributed by atoms with E-state index in [4.69, 9.17) is 32.9 Å². The van der Waals surface area contributed by atoms with E-state index in [9.17, 15) is 4.79 Å². The molecule has 0 aliphatic heterocycles. The molecule has 0 saturated heterocycles. The Morgan fingerprint density at radius 3 is 2.42 bits per heavy atom. The fourth-order valence-corrected chi connectivity index (χ4v) is 4.57. The first kappa shape index (κ1) is 25.5. The maximum absolute atomic E-state index is 11.8. The number of nitrogens with zero attached hydrogens (tertiary/aromatic N) is 3. The summed E-state index contributed by atoms with van der Waals surface area (Å²) in [7, 11) is 1.37. The van der Waals surface area contributed by atoms with Gasteiger partial charge in [0.15, 0.2) is 0 Å². The average molecular weight is 540 g/mol. The Kier molecular flexibility index (Phi) is 7.68. The molecule has 2 heterocycles. The minimum Gasteiger partial charge on any atom is -0.465 e. The van der Waals surface area contributed by atoms with E-state index in [1.54, 1.807) is 30.5 Å². The number of methoxy groups -OCH3 is 1. The van der Waals surface area contributed by atoms with Crippen molar-refractivity contribution in [1.82, 2.24) is 14.5 Å². The Hall–Kier alpha value is -4.19. The SMILES string of the molecule is COC(=O)c1ccc(Cn2cc(-c3ccc(Cl)cc3Cl)nc2C=Cc2ccc(-c3cccnc3)cc2)cc1. The van der Waals surface area contributed by atoms with Crippen LogP contribution in [0.2, 0.25) is 10.0 Å². The molecule has 188 valence electrons. The van der Waals surface area contributed by atoms with E-state index in [-0.39, 0.29) is 5.97 Å². The Morgan fingerprint density at radius 1 is 0.947 bits per heavy atom. The number of esters is 1. The minimum absolute atomic E-state index is 0.364. The predicted octanol–water partition coefficient (Wildman–Crippen LogP) is 7.92. The lowest BCUT2D eigenvalue weighted by molar-refractivity contribution is 0.0600. The molecule has 0 atom stereocenters. The van der Waals surface area contributed by atoms with Crippen LogP contribution in [0.3, 0.4) is 0 Å². The number of hydrogen-bond donors (Lipinski definition) is 0. The van der Waals surface area contributed by atoms with Crippen molar-refractivity contribution in [2.45, 2.75) is 6.54 Å². The molecule has 0 bridgehead atoms. The van der Waals surface area contributed by atoms with E-state index >= 15 is 0 Å². The van der Waals surface area contributed by atoms with Gasteiger partial charge in [0, 0.05) is 35.7 Å². The van der Waals surface area contributed by atoms with Crippen LogP contribution in [0.15, 0.2) is 97.5 Å². The third-order valence-corrected chi connectivity index (χ3v) is 6.62. The molecule has 0 fully saturated rings. The van der Waals surface area contributed by atoms with Gasteiger partial charge in [0.2, 0.25) is 0 Å². The van der Waals surface area contributed by atoms with Gasteiger partial charge in [-0.3, -0.25) is 4.98 Å². The number of imidazole rings is 1. The molecule has 5 aromatic rings. The molecule has 0 N–H and O–H groups in total. The van der Waals surface area contributed by atoms with Gasteiger partial charge in [-0.15, -0.1) is 0 Å². The molecule has 2 aromatic heterocycles. The topological polar surface area (TPSA) is 57.0 Å². The van der Waals surface area contributed by atoms with E-state index in [0.29, 0.717) is 22.2 Å². The summed E-state index contributed by atoms with van der Waals surface area (Å²) >= 11 is 12.6. The van der Waals surface area contributed by atoms with Crippen LogP contribution in [0.25, 0.3) is 34.5 Å². The second kappa shape index (κ2) is 11.5. The zero-order valence-electron chi connectivity index (χ0n) is 20.5. The van der Waals surface area contributed by atoms with Crippen LogP contribution < -0.4 is 0 Å². The number of pyridine rings is 1. The molecule has 5 nitrogen and oxygen atoms in total. The molecule has 0 unspecified atom stereocenters. The van der Waals surface area contributed by atoms with Crippen LogP contribution in [0, 0.1) is 0 Å². The van der Waals surface area contributed by atoms with E-state index in [0.717, 1.165) is 39.3 Å². The lowest BCUT2D eigenvalue weighted by Gasteiger charge is -2.07. The largest absolute Gasteiger partial charge is 0.465 e. The van der Waals surface area contributed by atoms with Gasteiger partial charge >= 0.3 is 5.97 Å². The number of aromatic nitrogens is 3. The molecule has 0 aliphatic carbocycles. The summed E-state index contributed by atoms with van der Waals surface area (Å²) < 4.78 is 6.85. The van der Waals surface area contributed by atoms with E-state index in [1.165, 1.54) is 7.11 Å². The first-order valence-electron chi connectivity index (χ1n) is 11.9. The number of carbonyl (C=O) groups is 1. The molecule has 3 aromatic carbocycles. The fraction of sp³-hybridized carbons (Fsp3) is 0.0645. The fourth-order valence-electron chi connectivity index (χ4n) is 4.07. The summed E-state index contributed by atoms with van der Waals surface area (Å²) in [5, 5.41) is 1.10. The summed E-state index contributed by atoms with van der Waals surface area (Å²) in [5.74, 6) is 0.399. The molecule has 7 heteroatoms. The number of ether oxygens (including phenoxy) is 1. The van der Waals surface area contributed by atoms with Gasteiger partial charge in [-0.1, -0.05) is 71.7 Å². The molecule has 0 amide bonds. The highest BCUT2D eigenvalue weighted by atomic mass is 35.5. The third-order valence-electron chi connectivity index (χ3n) is 6.07. The summed E-state index contributed by atoms with van der Waals surface area (Å²) in [4.78, 5) is 20.9. The van der Waals surface area contributed by atoms with Crippen LogP contribution in [-0.4, -0.2) is 27.6 Å². The van der Waals surface area contributed by atoms with Gasteiger partial charge in [0.25, 0.3) is 0 Å². The van der Waals surface area contributed by atoms with Crippen LogP contribution in [-0.2, 0) is 11.3 Å². The quantitative estimate of drug-likeness (QED) is 0.197. The molecule has 38 heavy (non-hydrogen) atoms. The molecule has 5 rings (SSSR count). The second-order valence-electron chi connectivity index (χ2n) is 8.62. The van der Waals surface area contributed by atoms with Crippen molar-refractivity contribution in [3.8, 4) is 22.4 Å². The van der Waals surface area contributed by atoms with Crippen LogP contribution in [0.1, 0.15) is 27.3 Å². The number of benzene rings is 3. The predicted molar refractivity (Wildman–Crippen MR) is 153 cm³/mol. The maximum Gasteiger partial charge on any atom is 0.337 e. The van der Waals surface area contributed by atoms with Gasteiger partial charge in [-0.2, -0.15) is 0 Å². The maximum atomic E-state index is 11.8. The Morgan fingerprint density at radius 2 is 1.74 bits per heavy atom. The Bertz CT molecular complexity index is 1590. The summed E-state index contributed by atoms with van der Waals surface area (Å²) in [5.41, 5.74) is 6.27. The lowest BCUT2D eigenvalue weighted by atomic mass is 10.1. The van der Waals surface area contributed by atoms with Gasteiger partial charge in [-0.25, -0.2) is 9.78 Å². The normalized spacial score (nSPS) is 11.1. The summed E-state index contributed by atoms with van der Waals surface area (Å²) in [6.07, 6.45) is 9.59. The first-order valence-corrected chi connectivity index (χ1v) is 12.6. The third kappa shape index (κ3) is 5.86. The van der Waals surface area contributed by atoms with Crippen molar-refractivity contribution in [2.24, 2.45) is 0 Å². The van der Waals surface area contributed by atoms with Crippen LogP contribution >= 0.6 is 23.2 Å². The first-order chi connectivity index (χ1) is 18.5. The van der Waals surface area contributed by atoms with Gasteiger partial charge in [0.05, 0.1) is 23.4 Å². The van der Waals surface area contributed by atoms with Gasteiger partial charge < -0.3 is 9.30 Å². The zero-order chi connectivity index (χ0) is 26.5. The molecule has 0 radical (unpaired) electrons. The molecule has 0 spiro atoms. The number of hydrogen-bond acceptors (Lipinski definition) is 4. The van der Waals surface area contributed by atoms with E-state index < -0.39 is 0 Å². The van der Waals surface area contributed by atoms with Crippen molar-refractivity contribution in [2.75, 3.05) is 7.11 Å². The summed E-state index contributed by atoms with van der Waals surface area (Å²) in [6.45, 7) is 0.555. The highest BCUT2D eigenvalue weighted by Crippen LogP contribution is 2.30. The zero-order valence-corrected chi connectivity index (χ0v) is 22.0. The molecular formula is C31H23Cl2N3O2. The monoisotopic (exact) mass is 539 g/mol. The Balaban J connectivity index is 1.45. The van der Waals surface area contributed by atoms with Crippen molar-refractivity contribution in [3.63, 3.8) is 0 Å². The van der Waals surface area contributed by atoms with Crippen molar-refractivity contribution in [1.29, 1.82) is 0 Å². The smallest absolute Gasteiger partial charge is 0.337 e. The Labute approximate surface area is 231 Å². The number of halogens is 2. The van der Waals surface area contributed by atoms with Gasteiger partial charge in [-0.05, 0) is 64.7 Å². The summed E-state index contributed by atoms with van der Waals surface area (Å²) in [6, 6.07) is 25.0. The van der Waals surface area contributed by atoms with Gasteiger partial charge in [0.1, 0.15) is 5.82 Å². The van der Waals surface area contributed by atoms with Crippen molar-refractivity contribution < 1.29 is 9.53 Å². The average Bonchev–Trinajstić information content (AvgIpc) is 3.34. The number of carbonyl (C=O) groups excluding carboxylic acids is 1. The lowest BCUT2D eigenvalue weighted by Crippen LogP contribution is -2.03. The van der Waals surface area contributed by atoms with Crippen LogP contribution in [0.4, 0.5) is 0 Å². The van der Waals surface area contributed by atoms with Crippen LogP contribution in [0.5, 0.6) is 0 Å². The van der Waals surface area contributed by atoms with E-state index in [1.807, 2.05) is 59.4 Å². The number of rotatable bonds is 7. The molecule has 0 aliphatic rings. The highest BCUT2D eigenvalue weighted by molar-refractivity contribution is 6.36. The van der Waals surface area contributed by atoms with E-state index in [2.05, 4.69) is 29.2 Å².